The second kappa shape index (κ2) is 7.50. The minimum absolute atomic E-state index is 0.0920. The Morgan fingerprint density at radius 1 is 1.07 bits per heavy atom. The first kappa shape index (κ1) is 20.8. The van der Waals surface area contributed by atoms with Gasteiger partial charge in [-0.05, 0) is 32.0 Å². The number of hydrogen-bond donors (Lipinski definition) is 0. The Kier molecular flexibility index (Phi) is 5.39. The molecule has 0 bridgehead atoms. The van der Waals surface area contributed by atoms with Crippen molar-refractivity contribution in [1.82, 2.24) is 19.6 Å². The lowest BCUT2D eigenvalue weighted by Crippen LogP contribution is -2.25. The second-order valence-corrected chi connectivity index (χ2v) is 6.27. The number of ether oxygens (including phenoxy) is 2. The van der Waals surface area contributed by atoms with Crippen LogP contribution in [0.3, 0.4) is 0 Å². The van der Waals surface area contributed by atoms with Gasteiger partial charge in [0.25, 0.3) is 5.88 Å². The van der Waals surface area contributed by atoms with Crippen LogP contribution in [0.15, 0.2) is 30.6 Å². The Morgan fingerprint density at radius 2 is 1.79 bits per heavy atom. The van der Waals surface area contributed by atoms with Crippen LogP contribution in [0.2, 0.25) is 0 Å². The maximum atomic E-state index is 14.3. The summed E-state index contributed by atoms with van der Waals surface area (Å²) in [6.07, 6.45) is -6.89. The van der Waals surface area contributed by atoms with E-state index in [1.54, 1.807) is 0 Å². The molecule has 0 fully saturated rings. The number of fused-ring (bicyclic) bond motifs is 1. The third kappa shape index (κ3) is 4.75. The van der Waals surface area contributed by atoms with Crippen LogP contribution in [-0.4, -0.2) is 38.5 Å². The van der Waals surface area contributed by atoms with E-state index < -0.39 is 42.5 Å². The van der Waals surface area contributed by atoms with Crippen molar-refractivity contribution in [2.75, 3.05) is 6.61 Å². The van der Waals surface area contributed by atoms with Gasteiger partial charge < -0.3 is 9.47 Å². The van der Waals surface area contributed by atoms with Gasteiger partial charge in [0.1, 0.15) is 0 Å². The van der Waals surface area contributed by atoms with Crippen molar-refractivity contribution < 1.29 is 35.8 Å². The molecule has 0 spiro atoms. The van der Waals surface area contributed by atoms with Crippen LogP contribution in [0.4, 0.5) is 26.3 Å². The zero-order valence-corrected chi connectivity index (χ0v) is 15.0. The van der Waals surface area contributed by atoms with E-state index in [1.165, 1.54) is 32.2 Å². The molecule has 0 saturated heterocycles. The molecule has 0 unspecified atom stereocenters. The van der Waals surface area contributed by atoms with Gasteiger partial charge in [-0.2, -0.15) is 22.0 Å². The van der Waals surface area contributed by atoms with E-state index in [9.17, 15) is 26.3 Å². The highest BCUT2D eigenvalue weighted by atomic mass is 19.4. The lowest BCUT2D eigenvalue weighted by Gasteiger charge is -2.17. The monoisotopic (exact) mass is 420 g/mol. The molecule has 3 heterocycles. The van der Waals surface area contributed by atoms with Crippen molar-refractivity contribution >= 4 is 5.65 Å². The number of hydrogen-bond acceptors (Lipinski definition) is 5. The summed E-state index contributed by atoms with van der Waals surface area (Å²) in [4.78, 5) is 3.53. The van der Waals surface area contributed by atoms with Gasteiger partial charge >= 0.3 is 12.3 Å². The largest absolute Gasteiger partial charge is 0.466 e. The molecule has 6 nitrogen and oxygen atoms in total. The molecule has 0 aliphatic heterocycles. The van der Waals surface area contributed by atoms with E-state index in [0.717, 1.165) is 16.7 Å². The van der Waals surface area contributed by atoms with Gasteiger partial charge in [-0.15, -0.1) is 10.2 Å². The SMILES string of the molecule is CC(C)OC(F)(F)c1nnc2ccc(-c3cnc(OCC(F)(F)F)c(F)c3)cn12. The van der Waals surface area contributed by atoms with Crippen LogP contribution in [0.1, 0.15) is 19.7 Å². The summed E-state index contributed by atoms with van der Waals surface area (Å²) in [6.45, 7) is 1.16. The van der Waals surface area contributed by atoms with Crippen LogP contribution in [-0.2, 0) is 10.8 Å². The zero-order valence-electron chi connectivity index (χ0n) is 15.0. The first-order chi connectivity index (χ1) is 13.5. The maximum absolute atomic E-state index is 14.3. The van der Waals surface area contributed by atoms with E-state index >= 15 is 0 Å². The third-order valence-electron chi connectivity index (χ3n) is 3.56. The predicted molar refractivity (Wildman–Crippen MR) is 87.8 cm³/mol. The molecule has 0 aliphatic rings. The molecule has 3 aromatic rings. The van der Waals surface area contributed by atoms with Crippen molar-refractivity contribution in [2.24, 2.45) is 0 Å². The van der Waals surface area contributed by atoms with Crippen molar-refractivity contribution in [2.45, 2.75) is 32.2 Å². The number of halogens is 6. The first-order valence-corrected chi connectivity index (χ1v) is 8.22. The number of nitrogens with zero attached hydrogens (tertiary/aromatic N) is 4. The van der Waals surface area contributed by atoms with Gasteiger partial charge in [0.15, 0.2) is 18.1 Å². The molecular weight excluding hydrogens is 406 g/mol. The summed E-state index contributed by atoms with van der Waals surface area (Å²) in [5, 5.41) is 7.10. The van der Waals surface area contributed by atoms with Gasteiger partial charge in [0, 0.05) is 23.5 Å². The van der Waals surface area contributed by atoms with Gasteiger partial charge in [0.05, 0.1) is 6.10 Å². The highest BCUT2D eigenvalue weighted by molar-refractivity contribution is 5.64. The minimum atomic E-state index is -4.65. The lowest BCUT2D eigenvalue weighted by atomic mass is 10.1. The molecule has 0 saturated carbocycles. The van der Waals surface area contributed by atoms with Crippen molar-refractivity contribution in [1.29, 1.82) is 0 Å². The fourth-order valence-electron chi connectivity index (χ4n) is 2.45. The summed E-state index contributed by atoms with van der Waals surface area (Å²) in [7, 11) is 0. The molecule has 0 N–H and O–H groups in total. The van der Waals surface area contributed by atoms with Crippen LogP contribution >= 0.6 is 0 Å². The Balaban J connectivity index is 1.94. The van der Waals surface area contributed by atoms with Crippen molar-refractivity contribution in [3.8, 4) is 17.0 Å². The fraction of sp³-hybridized carbons (Fsp3) is 0.353. The molecule has 29 heavy (non-hydrogen) atoms. The number of rotatable bonds is 6. The van der Waals surface area contributed by atoms with E-state index in [1.807, 2.05) is 0 Å². The Morgan fingerprint density at radius 3 is 2.41 bits per heavy atom. The van der Waals surface area contributed by atoms with Crippen LogP contribution < -0.4 is 4.74 Å². The van der Waals surface area contributed by atoms with Crippen molar-refractivity contribution in [3.05, 3.63) is 42.2 Å². The molecule has 3 rings (SSSR count). The number of pyridine rings is 2. The van der Waals surface area contributed by atoms with Gasteiger partial charge in [0.2, 0.25) is 5.82 Å². The van der Waals surface area contributed by atoms with Gasteiger partial charge in [-0.3, -0.25) is 4.40 Å². The van der Waals surface area contributed by atoms with Crippen LogP contribution in [0.5, 0.6) is 5.88 Å². The summed E-state index contributed by atoms with van der Waals surface area (Å²) in [5.74, 6) is -2.74. The molecule has 0 aromatic carbocycles. The second-order valence-electron chi connectivity index (χ2n) is 6.27. The maximum Gasteiger partial charge on any atom is 0.422 e. The smallest absolute Gasteiger partial charge is 0.422 e. The standard InChI is InChI=1S/C17H14F6N4O2/c1-9(2)29-17(22,23)15-26-25-13-4-3-10(7-27(13)15)11-5-12(18)14(24-6-11)28-8-16(19,20)21/h3-7,9H,8H2,1-2H3. The number of aromatic nitrogens is 4. The summed E-state index contributed by atoms with van der Waals surface area (Å²) in [6, 6.07) is 3.69. The summed E-state index contributed by atoms with van der Waals surface area (Å²) < 4.78 is 89.0. The minimum Gasteiger partial charge on any atom is -0.466 e. The Bertz CT molecular complexity index is 1020. The third-order valence-corrected chi connectivity index (χ3v) is 3.56. The molecule has 156 valence electrons. The zero-order chi connectivity index (χ0) is 21.4. The summed E-state index contributed by atoms with van der Waals surface area (Å²) >= 11 is 0. The lowest BCUT2D eigenvalue weighted by molar-refractivity contribution is -0.272. The predicted octanol–water partition coefficient (Wildman–Crippen LogP) is 4.35. The molecule has 0 amide bonds. The van der Waals surface area contributed by atoms with E-state index in [0.29, 0.717) is 0 Å². The average Bonchev–Trinajstić information content (AvgIpc) is 3.02. The molecule has 3 aromatic heterocycles. The molecule has 0 radical (unpaired) electrons. The average molecular weight is 420 g/mol. The topological polar surface area (TPSA) is 61.5 Å². The van der Waals surface area contributed by atoms with Crippen LogP contribution in [0, 0.1) is 5.82 Å². The Hall–Kier alpha value is -2.89. The normalized spacial score (nSPS) is 12.7. The fourth-order valence-corrected chi connectivity index (χ4v) is 2.45. The quantitative estimate of drug-likeness (QED) is 0.555. The highest BCUT2D eigenvalue weighted by Crippen LogP contribution is 2.31. The molecule has 0 atom stereocenters. The van der Waals surface area contributed by atoms with Gasteiger partial charge in [-0.1, -0.05) is 0 Å². The van der Waals surface area contributed by atoms with Crippen molar-refractivity contribution in [3.63, 3.8) is 0 Å². The number of alkyl halides is 5. The van der Waals surface area contributed by atoms with E-state index in [4.69, 9.17) is 0 Å². The van der Waals surface area contributed by atoms with Gasteiger partial charge in [-0.25, -0.2) is 9.37 Å². The highest BCUT2D eigenvalue weighted by Gasteiger charge is 2.39. The molecule has 12 heteroatoms. The molecule has 0 aliphatic carbocycles. The van der Waals surface area contributed by atoms with E-state index in [2.05, 4.69) is 24.7 Å². The van der Waals surface area contributed by atoms with Crippen LogP contribution in [0.25, 0.3) is 16.8 Å². The Labute approximate surface area is 160 Å². The van der Waals surface area contributed by atoms with E-state index in [-0.39, 0.29) is 16.8 Å². The first-order valence-electron chi connectivity index (χ1n) is 8.22. The summed E-state index contributed by atoms with van der Waals surface area (Å²) in [5.41, 5.74) is 0.457. The molecular formula is C17H14F6N4O2.